The van der Waals surface area contributed by atoms with E-state index in [4.69, 9.17) is 9.84 Å². The molecular formula is C18H23N3O4. The van der Waals surface area contributed by atoms with Crippen LogP contribution in [0.4, 0.5) is 0 Å². The fraction of sp³-hybridized carbons (Fsp3) is 0.389. The first kappa shape index (κ1) is 18.5. The molecule has 0 aliphatic carbocycles. The minimum absolute atomic E-state index is 0.212. The highest BCUT2D eigenvalue weighted by Gasteiger charge is 2.29. The summed E-state index contributed by atoms with van der Waals surface area (Å²) in [4.78, 5) is 23.3. The van der Waals surface area contributed by atoms with Crippen LogP contribution in [-0.2, 0) is 11.8 Å². The standard InChI is InChI=1S/C18H23N3O4/c1-18(2,3)16(13-9-19-21(4)10-13)20-17(24)12-6-5-7-14(8-12)25-11-15(22)23/h5-10,16H,11H2,1-4H3,(H,20,24)(H,22,23). The number of aliphatic carboxylic acids is 1. The second kappa shape index (κ2) is 7.38. The number of ether oxygens (including phenoxy) is 1. The molecule has 0 aliphatic heterocycles. The smallest absolute Gasteiger partial charge is 0.341 e. The zero-order valence-corrected chi connectivity index (χ0v) is 14.8. The summed E-state index contributed by atoms with van der Waals surface area (Å²) in [5.41, 5.74) is 1.11. The summed E-state index contributed by atoms with van der Waals surface area (Å²) in [5, 5.41) is 15.9. The molecule has 1 atom stereocenters. The van der Waals surface area contributed by atoms with Crippen molar-refractivity contribution in [2.24, 2.45) is 12.5 Å². The number of carbonyl (C=O) groups excluding carboxylic acids is 1. The molecule has 0 bridgehead atoms. The van der Waals surface area contributed by atoms with E-state index in [1.165, 1.54) is 6.07 Å². The number of nitrogens with one attached hydrogen (secondary N) is 1. The number of nitrogens with zero attached hydrogens (tertiary/aromatic N) is 2. The third-order valence-electron chi connectivity index (χ3n) is 3.66. The first-order chi connectivity index (χ1) is 11.7. The van der Waals surface area contributed by atoms with Crippen molar-refractivity contribution in [3.8, 4) is 5.75 Å². The number of amides is 1. The largest absolute Gasteiger partial charge is 0.482 e. The highest BCUT2D eigenvalue weighted by atomic mass is 16.5. The Morgan fingerprint density at radius 2 is 2.08 bits per heavy atom. The van der Waals surface area contributed by atoms with E-state index in [2.05, 4.69) is 10.4 Å². The van der Waals surface area contributed by atoms with Gasteiger partial charge in [0.2, 0.25) is 0 Å². The van der Waals surface area contributed by atoms with Gasteiger partial charge in [0.15, 0.2) is 6.61 Å². The van der Waals surface area contributed by atoms with Crippen LogP contribution in [-0.4, -0.2) is 33.4 Å². The molecule has 1 aromatic heterocycles. The first-order valence-electron chi connectivity index (χ1n) is 7.91. The fourth-order valence-corrected chi connectivity index (χ4v) is 2.48. The quantitative estimate of drug-likeness (QED) is 0.838. The van der Waals surface area contributed by atoms with Gasteiger partial charge >= 0.3 is 5.97 Å². The van der Waals surface area contributed by atoms with Crippen molar-refractivity contribution in [2.75, 3.05) is 6.61 Å². The Morgan fingerprint density at radius 1 is 1.36 bits per heavy atom. The Balaban J connectivity index is 2.18. The zero-order chi connectivity index (χ0) is 18.6. The van der Waals surface area contributed by atoms with Crippen LogP contribution in [0.2, 0.25) is 0 Å². The highest BCUT2D eigenvalue weighted by Crippen LogP contribution is 2.32. The molecule has 134 valence electrons. The number of hydrogen-bond acceptors (Lipinski definition) is 4. The molecule has 0 radical (unpaired) electrons. The topological polar surface area (TPSA) is 93.5 Å². The van der Waals surface area contributed by atoms with Crippen molar-refractivity contribution >= 4 is 11.9 Å². The van der Waals surface area contributed by atoms with E-state index in [9.17, 15) is 9.59 Å². The molecule has 25 heavy (non-hydrogen) atoms. The predicted octanol–water partition coefficient (Wildman–Crippen LogP) is 2.40. The summed E-state index contributed by atoms with van der Waals surface area (Å²) in [6.07, 6.45) is 3.62. The van der Waals surface area contributed by atoms with E-state index in [1.807, 2.05) is 34.0 Å². The van der Waals surface area contributed by atoms with Gasteiger partial charge in [0.1, 0.15) is 5.75 Å². The maximum atomic E-state index is 12.7. The van der Waals surface area contributed by atoms with Crippen molar-refractivity contribution < 1.29 is 19.4 Å². The van der Waals surface area contributed by atoms with Crippen molar-refractivity contribution in [1.29, 1.82) is 0 Å². The summed E-state index contributed by atoms with van der Waals surface area (Å²) in [7, 11) is 1.83. The maximum Gasteiger partial charge on any atom is 0.341 e. The number of hydrogen-bond donors (Lipinski definition) is 2. The van der Waals surface area contributed by atoms with E-state index in [0.717, 1.165) is 5.56 Å². The van der Waals surface area contributed by atoms with Crippen molar-refractivity contribution in [1.82, 2.24) is 15.1 Å². The van der Waals surface area contributed by atoms with Crippen LogP contribution in [0.1, 0.15) is 42.7 Å². The van der Waals surface area contributed by atoms with Gasteiger partial charge in [-0.15, -0.1) is 0 Å². The van der Waals surface area contributed by atoms with E-state index in [0.29, 0.717) is 11.3 Å². The molecule has 1 amide bonds. The average Bonchev–Trinajstić information content (AvgIpc) is 2.95. The number of benzene rings is 1. The van der Waals surface area contributed by atoms with Gasteiger partial charge in [0.25, 0.3) is 5.91 Å². The van der Waals surface area contributed by atoms with E-state index in [-0.39, 0.29) is 17.4 Å². The van der Waals surface area contributed by atoms with Crippen LogP contribution in [0.25, 0.3) is 0 Å². The highest BCUT2D eigenvalue weighted by molar-refractivity contribution is 5.94. The van der Waals surface area contributed by atoms with Crippen LogP contribution in [0.15, 0.2) is 36.7 Å². The monoisotopic (exact) mass is 345 g/mol. The van der Waals surface area contributed by atoms with Gasteiger partial charge in [-0.05, 0) is 23.6 Å². The molecule has 0 spiro atoms. The molecule has 1 heterocycles. The van der Waals surface area contributed by atoms with Gasteiger partial charge in [-0.3, -0.25) is 9.48 Å². The third kappa shape index (κ3) is 5.07. The Kier molecular flexibility index (Phi) is 5.46. The molecule has 2 aromatic rings. The van der Waals surface area contributed by atoms with Crippen molar-refractivity contribution in [3.05, 3.63) is 47.8 Å². The van der Waals surface area contributed by atoms with Gasteiger partial charge in [-0.2, -0.15) is 5.10 Å². The van der Waals surface area contributed by atoms with Crippen LogP contribution >= 0.6 is 0 Å². The average molecular weight is 345 g/mol. The number of rotatable bonds is 6. The molecule has 0 saturated carbocycles. The van der Waals surface area contributed by atoms with E-state index >= 15 is 0 Å². The molecule has 0 fully saturated rings. The SMILES string of the molecule is Cn1cc(C(NC(=O)c2cccc(OCC(=O)O)c2)C(C)(C)C)cn1. The predicted molar refractivity (Wildman–Crippen MR) is 92.4 cm³/mol. The fourth-order valence-electron chi connectivity index (χ4n) is 2.48. The normalized spacial score (nSPS) is 12.5. The number of carboxylic acids is 1. The zero-order valence-electron chi connectivity index (χ0n) is 14.8. The molecule has 1 aromatic carbocycles. The summed E-state index contributed by atoms with van der Waals surface area (Å²) >= 11 is 0. The van der Waals surface area contributed by atoms with Gasteiger partial charge in [0.05, 0.1) is 12.2 Å². The first-order valence-corrected chi connectivity index (χ1v) is 7.91. The maximum absolute atomic E-state index is 12.7. The molecule has 7 nitrogen and oxygen atoms in total. The molecule has 2 rings (SSSR count). The molecule has 2 N–H and O–H groups in total. The van der Waals surface area contributed by atoms with Crippen LogP contribution in [0, 0.1) is 5.41 Å². The lowest BCUT2D eigenvalue weighted by Crippen LogP contribution is -2.36. The van der Waals surface area contributed by atoms with Crippen LogP contribution < -0.4 is 10.1 Å². The molecule has 0 saturated heterocycles. The second-order valence-corrected chi connectivity index (χ2v) is 6.93. The Hall–Kier alpha value is -2.83. The molecule has 1 unspecified atom stereocenters. The minimum Gasteiger partial charge on any atom is -0.482 e. The Bertz CT molecular complexity index is 762. The number of carboxylic acid groups (broad SMARTS) is 1. The van der Waals surface area contributed by atoms with Gasteiger partial charge < -0.3 is 15.2 Å². The lowest BCUT2D eigenvalue weighted by molar-refractivity contribution is -0.139. The van der Waals surface area contributed by atoms with Crippen LogP contribution in [0.3, 0.4) is 0 Å². The molecule has 7 heteroatoms. The number of aromatic nitrogens is 2. The van der Waals surface area contributed by atoms with Crippen LogP contribution in [0.5, 0.6) is 5.75 Å². The molecule has 0 aliphatic rings. The second-order valence-electron chi connectivity index (χ2n) is 6.93. The lowest BCUT2D eigenvalue weighted by Gasteiger charge is -2.30. The minimum atomic E-state index is -1.07. The van der Waals surface area contributed by atoms with Gasteiger partial charge in [-0.25, -0.2) is 4.79 Å². The van der Waals surface area contributed by atoms with E-state index in [1.54, 1.807) is 29.1 Å². The van der Waals surface area contributed by atoms with Gasteiger partial charge in [0, 0.05) is 24.4 Å². The Morgan fingerprint density at radius 3 is 2.64 bits per heavy atom. The third-order valence-corrected chi connectivity index (χ3v) is 3.66. The number of aryl methyl sites for hydroxylation is 1. The summed E-state index contributed by atoms with van der Waals surface area (Å²) in [6, 6.07) is 6.23. The lowest BCUT2D eigenvalue weighted by atomic mass is 9.83. The van der Waals surface area contributed by atoms with Crippen molar-refractivity contribution in [2.45, 2.75) is 26.8 Å². The summed E-state index contributed by atoms with van der Waals surface area (Å²) in [5.74, 6) is -0.993. The van der Waals surface area contributed by atoms with Crippen molar-refractivity contribution in [3.63, 3.8) is 0 Å². The van der Waals surface area contributed by atoms with E-state index < -0.39 is 12.6 Å². The number of carbonyl (C=O) groups is 2. The molecular weight excluding hydrogens is 322 g/mol. The summed E-state index contributed by atoms with van der Waals surface area (Å²) in [6.45, 7) is 5.66. The summed E-state index contributed by atoms with van der Waals surface area (Å²) < 4.78 is 6.82. The Labute approximate surface area is 146 Å². The van der Waals surface area contributed by atoms with Gasteiger partial charge in [-0.1, -0.05) is 26.8 Å².